The molecule has 0 unspecified atom stereocenters. The Hall–Kier alpha value is -1.10. The first-order chi connectivity index (χ1) is 7.11. The van der Waals surface area contributed by atoms with Gasteiger partial charge in [-0.05, 0) is 29.5 Å². The Labute approximate surface area is 95.7 Å². The zero-order chi connectivity index (χ0) is 12.6. The van der Waals surface area contributed by atoms with E-state index in [0.29, 0.717) is 5.56 Å². The molecule has 5 heteroatoms. The minimum Gasteiger partial charge on any atom is -0.358 e. The first-order valence-electron chi connectivity index (χ1n) is 4.85. The summed E-state index contributed by atoms with van der Waals surface area (Å²) in [4.78, 5) is 0. The Morgan fingerprint density at radius 3 is 2.25 bits per heavy atom. The monoisotopic (exact) mass is 246 g/mol. The molecule has 0 radical (unpaired) electrons. The van der Waals surface area contributed by atoms with Crippen LogP contribution in [0.1, 0.15) is 31.9 Å². The average molecular weight is 246 g/mol. The van der Waals surface area contributed by atoms with Crippen LogP contribution in [0.3, 0.4) is 0 Å². The van der Waals surface area contributed by atoms with E-state index in [1.54, 1.807) is 13.0 Å². The van der Waals surface area contributed by atoms with E-state index >= 15 is 0 Å². The van der Waals surface area contributed by atoms with Crippen molar-refractivity contribution in [2.24, 2.45) is 0 Å². The predicted molar refractivity (Wildman–Crippen MR) is 60.5 cm³/mol. The number of hydrogen-bond donors (Lipinski definition) is 0. The third kappa shape index (κ3) is 3.20. The van der Waals surface area contributed by atoms with Crippen LogP contribution in [0.25, 0.3) is 0 Å². The van der Waals surface area contributed by atoms with Gasteiger partial charge >= 0.3 is 10.5 Å². The molecule has 0 heterocycles. The fourth-order valence-corrected chi connectivity index (χ4v) is 2.02. The average Bonchev–Trinajstić information content (AvgIpc) is 2.04. The van der Waals surface area contributed by atoms with Gasteiger partial charge in [0.1, 0.15) is 5.75 Å². The molecule has 0 aliphatic rings. The summed E-state index contributed by atoms with van der Waals surface area (Å²) >= 11 is 0. The molecule has 0 aromatic heterocycles. The Kier molecular flexibility index (Phi) is 3.28. The summed E-state index contributed by atoms with van der Waals surface area (Å²) in [5.74, 6) is 0.0370. The normalized spacial score (nSPS) is 12.6. The molecule has 0 saturated carbocycles. The summed E-state index contributed by atoms with van der Waals surface area (Å²) in [6.07, 6.45) is 0. The van der Waals surface area contributed by atoms with E-state index in [0.717, 1.165) is 5.56 Å². The minimum atomic E-state index is -4.96. The molecule has 90 valence electrons. The molecule has 0 N–H and O–H groups in total. The standard InChI is InChI=1S/C11H15FO3S/c1-8-9(11(2,3)4)6-5-7-10(8)15-16(12,13)14/h5-7H,1-4H3. The van der Waals surface area contributed by atoms with Crippen LogP contribution in [0.15, 0.2) is 18.2 Å². The van der Waals surface area contributed by atoms with Gasteiger partial charge in [-0.3, -0.25) is 0 Å². The highest BCUT2D eigenvalue weighted by molar-refractivity contribution is 7.81. The Bertz CT molecular complexity index is 486. The SMILES string of the molecule is Cc1c(OS(=O)(=O)F)cccc1C(C)(C)C. The maximum absolute atomic E-state index is 12.4. The van der Waals surface area contributed by atoms with E-state index in [9.17, 15) is 12.3 Å². The third-order valence-corrected chi connectivity index (χ3v) is 2.66. The van der Waals surface area contributed by atoms with Gasteiger partial charge < -0.3 is 4.18 Å². The van der Waals surface area contributed by atoms with E-state index < -0.39 is 10.5 Å². The molecule has 16 heavy (non-hydrogen) atoms. The third-order valence-electron chi connectivity index (χ3n) is 2.28. The molecule has 1 aromatic carbocycles. The van der Waals surface area contributed by atoms with Crippen molar-refractivity contribution in [2.75, 3.05) is 0 Å². The fourth-order valence-electron chi connectivity index (χ4n) is 1.62. The van der Waals surface area contributed by atoms with Gasteiger partial charge in [0.15, 0.2) is 0 Å². The Balaban J connectivity index is 3.25. The summed E-state index contributed by atoms with van der Waals surface area (Å²) in [5.41, 5.74) is 1.41. The first-order valence-corrected chi connectivity index (χ1v) is 6.16. The highest BCUT2D eigenvalue weighted by Gasteiger charge is 2.20. The van der Waals surface area contributed by atoms with Crippen LogP contribution in [0.2, 0.25) is 0 Å². The van der Waals surface area contributed by atoms with Crippen molar-refractivity contribution in [1.82, 2.24) is 0 Å². The lowest BCUT2D eigenvalue weighted by atomic mass is 9.84. The Morgan fingerprint density at radius 1 is 1.25 bits per heavy atom. The second-order valence-corrected chi connectivity index (χ2v) is 5.61. The highest BCUT2D eigenvalue weighted by Crippen LogP contribution is 2.31. The number of rotatable bonds is 2. The molecule has 0 atom stereocenters. The first kappa shape index (κ1) is 13.0. The molecule has 0 aliphatic heterocycles. The van der Waals surface area contributed by atoms with Gasteiger partial charge in [0.05, 0.1) is 0 Å². The van der Waals surface area contributed by atoms with E-state index in [1.165, 1.54) is 6.07 Å². The van der Waals surface area contributed by atoms with Crippen LogP contribution in [-0.2, 0) is 15.9 Å². The zero-order valence-electron chi connectivity index (χ0n) is 9.74. The summed E-state index contributed by atoms with van der Waals surface area (Å²) in [6, 6.07) is 4.95. The molecule has 0 spiro atoms. The molecule has 0 bridgehead atoms. The summed E-state index contributed by atoms with van der Waals surface area (Å²) < 4.78 is 37.6. The molecule has 1 aromatic rings. The maximum Gasteiger partial charge on any atom is 0.488 e. The molecular weight excluding hydrogens is 231 g/mol. The minimum absolute atomic E-state index is 0.0370. The fraction of sp³-hybridized carbons (Fsp3) is 0.455. The van der Waals surface area contributed by atoms with E-state index in [1.807, 2.05) is 26.8 Å². The summed E-state index contributed by atoms with van der Waals surface area (Å²) in [6.45, 7) is 7.68. The number of benzene rings is 1. The van der Waals surface area contributed by atoms with Crippen LogP contribution >= 0.6 is 0 Å². The number of halogens is 1. The molecule has 0 fully saturated rings. The van der Waals surface area contributed by atoms with E-state index in [4.69, 9.17) is 0 Å². The second-order valence-electron chi connectivity index (χ2n) is 4.66. The van der Waals surface area contributed by atoms with Crippen molar-refractivity contribution < 1.29 is 16.5 Å². The van der Waals surface area contributed by atoms with E-state index in [2.05, 4.69) is 4.18 Å². The van der Waals surface area contributed by atoms with Crippen molar-refractivity contribution in [2.45, 2.75) is 33.1 Å². The van der Waals surface area contributed by atoms with Crippen LogP contribution in [0.4, 0.5) is 3.89 Å². The summed E-state index contributed by atoms with van der Waals surface area (Å²) in [5, 5.41) is 0. The molecule has 0 aliphatic carbocycles. The van der Waals surface area contributed by atoms with Gasteiger partial charge in [0.25, 0.3) is 0 Å². The predicted octanol–water partition coefficient (Wildman–Crippen LogP) is 2.89. The zero-order valence-corrected chi connectivity index (χ0v) is 10.6. The van der Waals surface area contributed by atoms with Crippen LogP contribution in [0.5, 0.6) is 5.75 Å². The quantitative estimate of drug-likeness (QED) is 0.754. The highest BCUT2D eigenvalue weighted by atomic mass is 32.3. The van der Waals surface area contributed by atoms with Gasteiger partial charge in [0.2, 0.25) is 0 Å². The van der Waals surface area contributed by atoms with Crippen molar-refractivity contribution in [1.29, 1.82) is 0 Å². The Morgan fingerprint density at radius 2 is 1.81 bits per heavy atom. The van der Waals surface area contributed by atoms with Crippen LogP contribution < -0.4 is 4.18 Å². The van der Waals surface area contributed by atoms with Crippen molar-refractivity contribution in [3.63, 3.8) is 0 Å². The van der Waals surface area contributed by atoms with Gasteiger partial charge in [-0.1, -0.05) is 36.8 Å². The molecule has 0 amide bonds. The molecule has 3 nitrogen and oxygen atoms in total. The van der Waals surface area contributed by atoms with Crippen molar-refractivity contribution in [3.8, 4) is 5.75 Å². The van der Waals surface area contributed by atoms with E-state index in [-0.39, 0.29) is 11.2 Å². The van der Waals surface area contributed by atoms with Crippen molar-refractivity contribution in [3.05, 3.63) is 29.3 Å². The molecule has 1 rings (SSSR count). The van der Waals surface area contributed by atoms with Crippen LogP contribution in [-0.4, -0.2) is 8.42 Å². The van der Waals surface area contributed by atoms with Crippen LogP contribution in [0, 0.1) is 6.92 Å². The van der Waals surface area contributed by atoms with Gasteiger partial charge in [-0.25, -0.2) is 0 Å². The van der Waals surface area contributed by atoms with Gasteiger partial charge in [-0.15, -0.1) is 0 Å². The lowest BCUT2D eigenvalue weighted by Crippen LogP contribution is -2.14. The topological polar surface area (TPSA) is 43.4 Å². The van der Waals surface area contributed by atoms with Gasteiger partial charge in [-0.2, -0.15) is 8.42 Å². The lowest BCUT2D eigenvalue weighted by molar-refractivity contribution is 0.437. The lowest BCUT2D eigenvalue weighted by Gasteiger charge is -2.22. The van der Waals surface area contributed by atoms with Gasteiger partial charge in [0, 0.05) is 0 Å². The van der Waals surface area contributed by atoms with Crippen molar-refractivity contribution >= 4 is 10.5 Å². The number of hydrogen-bond acceptors (Lipinski definition) is 3. The molecule has 0 saturated heterocycles. The summed E-state index contributed by atoms with van der Waals surface area (Å²) in [7, 11) is -4.96. The largest absolute Gasteiger partial charge is 0.488 e. The molecular formula is C11H15FO3S. The second kappa shape index (κ2) is 4.05. The smallest absolute Gasteiger partial charge is 0.358 e. The maximum atomic E-state index is 12.4.